The number of rotatable bonds is 3. The molecule has 1 aromatic carbocycles. The standard InChI is InChI=1S/C12H12FN3O2S/c1-8-3-10(13)4-9(2)12(8)19(17,18)16-11-5-14-7-15-6-11/h3-7,16H,1-2H3. The van der Waals surface area contributed by atoms with Crippen molar-refractivity contribution in [3.8, 4) is 0 Å². The van der Waals surface area contributed by atoms with Crippen molar-refractivity contribution in [2.75, 3.05) is 4.72 Å². The van der Waals surface area contributed by atoms with E-state index in [0.29, 0.717) is 11.1 Å². The average molecular weight is 281 g/mol. The number of aromatic nitrogens is 2. The van der Waals surface area contributed by atoms with Crippen molar-refractivity contribution < 1.29 is 12.8 Å². The number of nitrogens with zero attached hydrogens (tertiary/aromatic N) is 2. The van der Waals surface area contributed by atoms with Gasteiger partial charge in [-0.3, -0.25) is 4.72 Å². The summed E-state index contributed by atoms with van der Waals surface area (Å²) in [6, 6.07) is 2.37. The van der Waals surface area contributed by atoms with Crippen molar-refractivity contribution in [2.24, 2.45) is 0 Å². The molecular weight excluding hydrogens is 269 g/mol. The molecule has 0 amide bonds. The lowest BCUT2D eigenvalue weighted by molar-refractivity contribution is 0.597. The molecule has 0 atom stereocenters. The van der Waals surface area contributed by atoms with E-state index < -0.39 is 15.8 Å². The van der Waals surface area contributed by atoms with E-state index in [2.05, 4.69) is 14.7 Å². The molecule has 0 saturated carbocycles. The van der Waals surface area contributed by atoms with Crippen LogP contribution in [0.4, 0.5) is 10.1 Å². The molecule has 0 fully saturated rings. The lowest BCUT2D eigenvalue weighted by atomic mass is 10.1. The quantitative estimate of drug-likeness (QED) is 0.934. The van der Waals surface area contributed by atoms with Crippen molar-refractivity contribution in [2.45, 2.75) is 18.7 Å². The van der Waals surface area contributed by atoms with E-state index in [4.69, 9.17) is 0 Å². The van der Waals surface area contributed by atoms with Gasteiger partial charge in [0, 0.05) is 0 Å². The highest BCUT2D eigenvalue weighted by molar-refractivity contribution is 7.92. The first-order valence-corrected chi connectivity index (χ1v) is 6.93. The fourth-order valence-electron chi connectivity index (χ4n) is 1.88. The third-order valence-corrected chi connectivity index (χ3v) is 4.19. The van der Waals surface area contributed by atoms with Crippen LogP contribution < -0.4 is 4.72 Å². The number of anilines is 1. The van der Waals surface area contributed by atoms with Gasteiger partial charge in [0.15, 0.2) is 0 Å². The smallest absolute Gasteiger partial charge is 0.262 e. The largest absolute Gasteiger partial charge is 0.276 e. The van der Waals surface area contributed by atoms with Gasteiger partial charge in [-0.05, 0) is 37.1 Å². The molecule has 0 spiro atoms. The maximum Gasteiger partial charge on any atom is 0.262 e. The van der Waals surface area contributed by atoms with Crippen molar-refractivity contribution in [1.29, 1.82) is 0 Å². The highest BCUT2D eigenvalue weighted by Crippen LogP contribution is 2.23. The molecule has 0 aliphatic rings. The summed E-state index contributed by atoms with van der Waals surface area (Å²) in [5.74, 6) is -0.461. The molecule has 0 unspecified atom stereocenters. The van der Waals surface area contributed by atoms with Crippen LogP contribution in [0.25, 0.3) is 0 Å². The van der Waals surface area contributed by atoms with Crippen molar-refractivity contribution in [3.63, 3.8) is 0 Å². The molecular formula is C12H12FN3O2S. The summed E-state index contributed by atoms with van der Waals surface area (Å²) in [5.41, 5.74) is 0.953. The van der Waals surface area contributed by atoms with Gasteiger partial charge in [0.2, 0.25) is 0 Å². The maximum atomic E-state index is 13.2. The number of benzene rings is 1. The normalized spacial score (nSPS) is 11.3. The predicted molar refractivity (Wildman–Crippen MR) is 68.7 cm³/mol. The van der Waals surface area contributed by atoms with Gasteiger partial charge in [-0.15, -0.1) is 0 Å². The maximum absolute atomic E-state index is 13.2. The molecule has 0 aliphatic carbocycles. The van der Waals surface area contributed by atoms with Crippen molar-refractivity contribution in [1.82, 2.24) is 9.97 Å². The molecule has 0 radical (unpaired) electrons. The summed E-state index contributed by atoms with van der Waals surface area (Å²) in [5, 5.41) is 0. The third kappa shape index (κ3) is 2.87. The first kappa shape index (κ1) is 13.4. The number of sulfonamides is 1. The Morgan fingerprint density at radius 3 is 2.16 bits per heavy atom. The summed E-state index contributed by atoms with van der Waals surface area (Å²) < 4.78 is 40.1. The Bertz CT molecular complexity index is 679. The molecule has 1 aromatic heterocycles. The minimum Gasteiger partial charge on any atom is -0.276 e. The lowest BCUT2D eigenvalue weighted by Crippen LogP contribution is -2.16. The Morgan fingerprint density at radius 2 is 1.63 bits per heavy atom. The first-order chi connectivity index (χ1) is 8.90. The molecule has 7 heteroatoms. The summed E-state index contributed by atoms with van der Waals surface area (Å²) >= 11 is 0. The zero-order chi connectivity index (χ0) is 14.0. The van der Waals surface area contributed by atoms with Gasteiger partial charge in [0.1, 0.15) is 12.1 Å². The molecule has 0 aliphatic heterocycles. The second-order valence-electron chi connectivity index (χ2n) is 4.10. The van der Waals surface area contributed by atoms with Gasteiger partial charge in [0.05, 0.1) is 23.0 Å². The van der Waals surface area contributed by atoms with Crippen LogP contribution in [0.15, 0.2) is 35.7 Å². The number of halogens is 1. The molecule has 1 heterocycles. The summed E-state index contributed by atoms with van der Waals surface area (Å²) in [4.78, 5) is 7.51. The zero-order valence-electron chi connectivity index (χ0n) is 10.4. The topological polar surface area (TPSA) is 72.0 Å². The van der Waals surface area contributed by atoms with E-state index in [1.54, 1.807) is 13.8 Å². The van der Waals surface area contributed by atoms with E-state index in [0.717, 1.165) is 0 Å². The van der Waals surface area contributed by atoms with Gasteiger partial charge in [-0.1, -0.05) is 0 Å². The monoisotopic (exact) mass is 281 g/mol. The Kier molecular flexibility index (Phi) is 3.48. The average Bonchev–Trinajstić information content (AvgIpc) is 2.27. The van der Waals surface area contributed by atoms with Crippen LogP contribution in [0.1, 0.15) is 11.1 Å². The van der Waals surface area contributed by atoms with Crippen LogP contribution in [0.3, 0.4) is 0 Å². The van der Waals surface area contributed by atoms with Crippen LogP contribution >= 0.6 is 0 Å². The zero-order valence-corrected chi connectivity index (χ0v) is 11.2. The van der Waals surface area contributed by atoms with Gasteiger partial charge in [-0.2, -0.15) is 0 Å². The molecule has 100 valence electrons. The van der Waals surface area contributed by atoms with Crippen LogP contribution in [-0.2, 0) is 10.0 Å². The van der Waals surface area contributed by atoms with Gasteiger partial charge in [0.25, 0.3) is 10.0 Å². The molecule has 5 nitrogen and oxygen atoms in total. The number of aryl methyl sites for hydroxylation is 2. The van der Waals surface area contributed by atoms with Crippen LogP contribution in [0, 0.1) is 19.7 Å². The summed E-state index contributed by atoms with van der Waals surface area (Å²) in [6.07, 6.45) is 3.99. The van der Waals surface area contributed by atoms with Crippen LogP contribution in [0.5, 0.6) is 0 Å². The third-order valence-electron chi connectivity index (χ3n) is 2.51. The van der Waals surface area contributed by atoms with E-state index in [-0.39, 0.29) is 10.6 Å². The SMILES string of the molecule is Cc1cc(F)cc(C)c1S(=O)(=O)Nc1cncnc1. The fraction of sp³-hybridized carbons (Fsp3) is 0.167. The number of hydrogen-bond donors (Lipinski definition) is 1. The summed E-state index contributed by atoms with van der Waals surface area (Å²) in [7, 11) is -3.79. The van der Waals surface area contributed by atoms with Crippen LogP contribution in [-0.4, -0.2) is 18.4 Å². The Hall–Kier alpha value is -2.02. The fourth-order valence-corrected chi connectivity index (χ4v) is 3.36. The molecule has 1 N–H and O–H groups in total. The van der Waals surface area contributed by atoms with E-state index in [1.165, 1.54) is 30.9 Å². The summed E-state index contributed by atoms with van der Waals surface area (Å²) in [6.45, 7) is 3.10. The van der Waals surface area contributed by atoms with Gasteiger partial charge in [-0.25, -0.2) is 22.8 Å². The van der Waals surface area contributed by atoms with E-state index in [9.17, 15) is 12.8 Å². The Balaban J connectivity index is 2.46. The highest BCUT2D eigenvalue weighted by atomic mass is 32.2. The van der Waals surface area contributed by atoms with E-state index in [1.807, 2.05) is 0 Å². The minimum absolute atomic E-state index is 0.0674. The Labute approximate surface area is 110 Å². The second kappa shape index (κ2) is 4.93. The molecule has 0 bridgehead atoms. The van der Waals surface area contributed by atoms with Crippen LogP contribution in [0.2, 0.25) is 0 Å². The lowest BCUT2D eigenvalue weighted by Gasteiger charge is -2.12. The minimum atomic E-state index is -3.79. The van der Waals surface area contributed by atoms with Crippen molar-refractivity contribution >= 4 is 15.7 Å². The first-order valence-electron chi connectivity index (χ1n) is 5.45. The Morgan fingerprint density at radius 1 is 1.11 bits per heavy atom. The van der Waals surface area contributed by atoms with Gasteiger partial charge >= 0.3 is 0 Å². The second-order valence-corrected chi connectivity index (χ2v) is 5.72. The molecule has 2 rings (SSSR count). The highest BCUT2D eigenvalue weighted by Gasteiger charge is 2.20. The van der Waals surface area contributed by atoms with E-state index >= 15 is 0 Å². The molecule has 19 heavy (non-hydrogen) atoms. The molecule has 2 aromatic rings. The number of nitrogens with one attached hydrogen (secondary N) is 1. The number of hydrogen-bond acceptors (Lipinski definition) is 4. The molecule has 0 saturated heterocycles. The van der Waals surface area contributed by atoms with Crippen molar-refractivity contribution in [3.05, 3.63) is 47.8 Å². The van der Waals surface area contributed by atoms with Gasteiger partial charge < -0.3 is 0 Å². The predicted octanol–water partition coefficient (Wildman–Crippen LogP) is 2.03.